The number of aliphatic hydroxyl groups is 1. The third kappa shape index (κ3) is 2.73. The van der Waals surface area contributed by atoms with E-state index in [0.29, 0.717) is 43.9 Å². The number of pyridine rings is 1. The number of rotatable bonds is 1. The monoisotopic (exact) mass is 291 g/mol. The minimum Gasteiger partial charge on any atom is -0.390 e. The van der Waals surface area contributed by atoms with E-state index in [-0.39, 0.29) is 5.91 Å². The van der Waals surface area contributed by atoms with E-state index in [0.717, 1.165) is 12.8 Å². The zero-order valence-corrected chi connectivity index (χ0v) is 12.0. The molecule has 1 atom stereocenters. The summed E-state index contributed by atoms with van der Waals surface area (Å²) in [5.74, 6) is 0.310. The van der Waals surface area contributed by atoms with E-state index < -0.39 is 11.7 Å². The molecule has 1 aromatic heterocycles. The first kappa shape index (κ1) is 14.3. The molecule has 2 aliphatic rings. The average Bonchev–Trinajstić information content (AvgIpc) is 2.50. The summed E-state index contributed by atoms with van der Waals surface area (Å²) >= 11 is 0. The van der Waals surface area contributed by atoms with Crippen LogP contribution in [0.25, 0.3) is 0 Å². The van der Waals surface area contributed by atoms with Gasteiger partial charge in [0, 0.05) is 31.5 Å². The minimum absolute atomic E-state index is 0.0377. The van der Waals surface area contributed by atoms with Crippen LogP contribution in [0.2, 0.25) is 0 Å². The number of aromatic nitrogens is 1. The summed E-state index contributed by atoms with van der Waals surface area (Å²) in [6, 6.07) is 3.27. The number of hydrogen-bond donors (Lipinski definition) is 2. The molecule has 3 heterocycles. The molecule has 0 unspecified atom stereocenters. The van der Waals surface area contributed by atoms with E-state index in [9.17, 15) is 9.90 Å². The van der Waals surface area contributed by atoms with Crippen LogP contribution in [0.3, 0.4) is 0 Å². The van der Waals surface area contributed by atoms with Crippen molar-refractivity contribution in [2.24, 2.45) is 0 Å². The Labute approximate surface area is 123 Å². The fourth-order valence-corrected chi connectivity index (χ4v) is 3.24. The quantitative estimate of drug-likeness (QED) is 0.799. The van der Waals surface area contributed by atoms with Gasteiger partial charge in [0.1, 0.15) is 5.82 Å². The van der Waals surface area contributed by atoms with Gasteiger partial charge in [0.25, 0.3) is 5.91 Å². The van der Waals surface area contributed by atoms with E-state index in [1.165, 1.54) is 0 Å². The molecule has 2 aliphatic heterocycles. The molecule has 1 spiro atoms. The van der Waals surface area contributed by atoms with Crippen molar-refractivity contribution in [2.45, 2.75) is 37.4 Å². The number of nitrogens with zero attached hydrogens (tertiary/aromatic N) is 2. The molecule has 0 bridgehead atoms. The second-order valence-corrected chi connectivity index (χ2v) is 5.83. The minimum atomic E-state index is -0.452. The standard InChI is InChI=1S/C15H21N3O3/c16-13-10-11(3-6-17-13)14(20)18-7-4-15(5-8-18)12(19)2-1-9-21-15/h3,6,10,12,19H,1-2,4-5,7-9H2,(H2,16,17)/t12-/m0/s1. The molecule has 1 amide bonds. The van der Waals surface area contributed by atoms with E-state index in [1.54, 1.807) is 23.2 Å². The molecule has 2 saturated heterocycles. The van der Waals surface area contributed by atoms with Crippen molar-refractivity contribution in [1.29, 1.82) is 0 Å². The number of nitrogens with two attached hydrogens (primary N) is 1. The maximum atomic E-state index is 12.4. The molecule has 0 radical (unpaired) electrons. The highest BCUT2D eigenvalue weighted by molar-refractivity contribution is 5.94. The summed E-state index contributed by atoms with van der Waals surface area (Å²) in [4.78, 5) is 18.1. The Morgan fingerprint density at radius 2 is 2.24 bits per heavy atom. The van der Waals surface area contributed by atoms with Crippen molar-refractivity contribution in [3.63, 3.8) is 0 Å². The molecule has 2 fully saturated rings. The molecule has 3 N–H and O–H groups in total. The van der Waals surface area contributed by atoms with Crippen LogP contribution in [0, 0.1) is 0 Å². The van der Waals surface area contributed by atoms with E-state index in [1.807, 2.05) is 0 Å². The summed E-state index contributed by atoms with van der Waals surface area (Å²) in [7, 11) is 0. The third-order valence-corrected chi connectivity index (χ3v) is 4.54. The highest BCUT2D eigenvalue weighted by atomic mass is 16.5. The topological polar surface area (TPSA) is 88.7 Å². The van der Waals surface area contributed by atoms with Crippen LogP contribution in [-0.4, -0.2) is 52.3 Å². The van der Waals surface area contributed by atoms with Crippen molar-refractivity contribution in [3.8, 4) is 0 Å². The molecule has 21 heavy (non-hydrogen) atoms. The lowest BCUT2D eigenvalue weighted by molar-refractivity contribution is -0.174. The summed E-state index contributed by atoms with van der Waals surface area (Å²) < 4.78 is 5.85. The maximum absolute atomic E-state index is 12.4. The van der Waals surface area contributed by atoms with Crippen molar-refractivity contribution in [3.05, 3.63) is 23.9 Å². The summed E-state index contributed by atoms with van der Waals surface area (Å²) in [5, 5.41) is 10.2. The summed E-state index contributed by atoms with van der Waals surface area (Å²) in [5.41, 5.74) is 5.73. The summed E-state index contributed by atoms with van der Waals surface area (Å²) in [6.07, 6.45) is 4.18. The van der Waals surface area contributed by atoms with Gasteiger partial charge in [-0.25, -0.2) is 4.98 Å². The van der Waals surface area contributed by atoms with Gasteiger partial charge in [-0.15, -0.1) is 0 Å². The molecule has 3 rings (SSSR count). The van der Waals surface area contributed by atoms with Crippen molar-refractivity contribution in [1.82, 2.24) is 9.88 Å². The van der Waals surface area contributed by atoms with Crippen LogP contribution in [0.5, 0.6) is 0 Å². The molecule has 0 saturated carbocycles. The molecule has 114 valence electrons. The lowest BCUT2D eigenvalue weighted by Crippen LogP contribution is -2.56. The highest BCUT2D eigenvalue weighted by Gasteiger charge is 2.44. The first-order valence-corrected chi connectivity index (χ1v) is 7.44. The largest absolute Gasteiger partial charge is 0.390 e. The Hall–Kier alpha value is -1.66. The predicted molar refractivity (Wildman–Crippen MR) is 77.7 cm³/mol. The fourth-order valence-electron chi connectivity index (χ4n) is 3.24. The number of hydrogen-bond acceptors (Lipinski definition) is 5. The van der Waals surface area contributed by atoms with Gasteiger partial charge >= 0.3 is 0 Å². The number of aliphatic hydroxyl groups excluding tert-OH is 1. The van der Waals surface area contributed by atoms with Crippen LogP contribution in [0.4, 0.5) is 5.82 Å². The maximum Gasteiger partial charge on any atom is 0.254 e. The molecule has 1 aromatic rings. The van der Waals surface area contributed by atoms with Crippen LogP contribution in [0.15, 0.2) is 18.3 Å². The van der Waals surface area contributed by atoms with E-state index in [2.05, 4.69) is 4.98 Å². The van der Waals surface area contributed by atoms with Gasteiger partial charge in [0.2, 0.25) is 0 Å². The predicted octanol–water partition coefficient (Wildman–Crippen LogP) is 0.810. The zero-order valence-electron chi connectivity index (χ0n) is 12.0. The van der Waals surface area contributed by atoms with Crippen LogP contribution >= 0.6 is 0 Å². The van der Waals surface area contributed by atoms with Crippen LogP contribution in [0.1, 0.15) is 36.0 Å². The first-order chi connectivity index (χ1) is 10.1. The normalized spacial score (nSPS) is 25.0. The number of amides is 1. The molecule has 6 nitrogen and oxygen atoms in total. The SMILES string of the molecule is Nc1cc(C(=O)N2CCC3(CC2)OCCC[C@@H]3O)ccn1. The number of piperidine rings is 1. The average molecular weight is 291 g/mol. The number of nitrogen functional groups attached to an aromatic ring is 1. The lowest BCUT2D eigenvalue weighted by atomic mass is 9.82. The second kappa shape index (κ2) is 5.61. The Bertz CT molecular complexity index is 527. The first-order valence-electron chi connectivity index (χ1n) is 7.44. The van der Waals surface area contributed by atoms with E-state index >= 15 is 0 Å². The van der Waals surface area contributed by atoms with Gasteiger partial charge in [-0.05, 0) is 37.8 Å². The van der Waals surface area contributed by atoms with Gasteiger partial charge in [-0.2, -0.15) is 0 Å². The number of ether oxygens (including phenoxy) is 1. The molecule has 6 heteroatoms. The van der Waals surface area contributed by atoms with Crippen LogP contribution < -0.4 is 5.73 Å². The van der Waals surface area contributed by atoms with Gasteiger partial charge < -0.3 is 20.5 Å². The highest BCUT2D eigenvalue weighted by Crippen LogP contribution is 2.35. The Morgan fingerprint density at radius 1 is 1.48 bits per heavy atom. The van der Waals surface area contributed by atoms with Crippen molar-refractivity contribution < 1.29 is 14.6 Å². The molecular weight excluding hydrogens is 270 g/mol. The molecule has 0 aliphatic carbocycles. The molecule has 0 aromatic carbocycles. The third-order valence-electron chi connectivity index (χ3n) is 4.54. The Balaban J connectivity index is 1.67. The number of carbonyl (C=O) groups is 1. The number of anilines is 1. The fraction of sp³-hybridized carbons (Fsp3) is 0.600. The van der Waals surface area contributed by atoms with Gasteiger partial charge in [0.15, 0.2) is 0 Å². The van der Waals surface area contributed by atoms with Crippen molar-refractivity contribution in [2.75, 3.05) is 25.4 Å². The Kier molecular flexibility index (Phi) is 3.82. The van der Waals surface area contributed by atoms with Gasteiger partial charge in [-0.3, -0.25) is 4.79 Å². The number of carbonyl (C=O) groups excluding carboxylic acids is 1. The Morgan fingerprint density at radius 3 is 2.90 bits per heavy atom. The van der Waals surface area contributed by atoms with E-state index in [4.69, 9.17) is 10.5 Å². The van der Waals surface area contributed by atoms with Gasteiger partial charge in [0.05, 0.1) is 11.7 Å². The van der Waals surface area contributed by atoms with Crippen molar-refractivity contribution >= 4 is 11.7 Å². The number of likely N-dealkylation sites (tertiary alicyclic amines) is 1. The van der Waals surface area contributed by atoms with Gasteiger partial charge in [-0.1, -0.05) is 0 Å². The smallest absolute Gasteiger partial charge is 0.254 e. The summed E-state index contributed by atoms with van der Waals surface area (Å²) in [6.45, 7) is 1.89. The lowest BCUT2D eigenvalue weighted by Gasteiger charge is -2.46. The molecular formula is C15H21N3O3. The van der Waals surface area contributed by atoms with Crippen LogP contribution in [-0.2, 0) is 4.74 Å². The zero-order chi connectivity index (χ0) is 14.9. The second-order valence-electron chi connectivity index (χ2n) is 5.83.